The van der Waals surface area contributed by atoms with Crippen molar-refractivity contribution in [1.82, 2.24) is 4.98 Å². The van der Waals surface area contributed by atoms with Gasteiger partial charge in [-0.2, -0.15) is 0 Å². The maximum atomic E-state index is 13.1. The molecule has 4 aromatic rings. The number of imide groups is 1. The predicted octanol–water partition coefficient (Wildman–Crippen LogP) is 5.81. The second kappa shape index (κ2) is 10.9. The van der Waals surface area contributed by atoms with Crippen LogP contribution in [-0.4, -0.2) is 27.9 Å². The molecule has 0 saturated carbocycles. The van der Waals surface area contributed by atoms with E-state index in [2.05, 4.69) is 15.6 Å². The molecule has 40 heavy (non-hydrogen) atoms. The number of nitrogens with zero attached hydrogens (tertiary/aromatic N) is 3. The van der Waals surface area contributed by atoms with E-state index in [4.69, 9.17) is 16.8 Å². The summed E-state index contributed by atoms with van der Waals surface area (Å²) < 4.78 is 0. The maximum absolute atomic E-state index is 13.1. The lowest BCUT2D eigenvalue weighted by Gasteiger charge is -2.21. The van der Waals surface area contributed by atoms with Crippen LogP contribution in [-0.2, 0) is 9.59 Å². The van der Waals surface area contributed by atoms with Gasteiger partial charge in [0, 0.05) is 22.2 Å². The van der Waals surface area contributed by atoms with Crippen molar-refractivity contribution in [3.05, 3.63) is 105 Å². The highest BCUT2D eigenvalue weighted by Crippen LogP contribution is 2.32. The Bertz CT molecular complexity index is 1660. The van der Waals surface area contributed by atoms with Gasteiger partial charge in [0.25, 0.3) is 17.7 Å². The molecule has 0 aliphatic carbocycles. The number of amides is 3. The molecule has 0 fully saturated rings. The Kier molecular flexibility index (Phi) is 7.37. The molecule has 3 aromatic carbocycles. The van der Waals surface area contributed by atoms with E-state index in [1.807, 2.05) is 19.9 Å². The molecule has 0 bridgehead atoms. The molecule has 202 valence electrons. The fraction of sp³-hybridized carbons (Fsp3) is 0.0714. The minimum Gasteiger partial charge on any atom is -0.733 e. The van der Waals surface area contributed by atoms with Crippen LogP contribution in [0.3, 0.4) is 0 Å². The summed E-state index contributed by atoms with van der Waals surface area (Å²) in [7, 11) is 0. The second-order valence-corrected chi connectivity index (χ2v) is 10.2. The summed E-state index contributed by atoms with van der Waals surface area (Å²) in [6.07, 6.45) is 0. The van der Waals surface area contributed by atoms with Crippen LogP contribution < -0.4 is 20.8 Å². The first-order chi connectivity index (χ1) is 19.1. The molecular weight excluding hydrogens is 554 g/mol. The average molecular weight is 575 g/mol. The van der Waals surface area contributed by atoms with Crippen LogP contribution in [0.2, 0.25) is 0 Å². The Morgan fingerprint density at radius 3 is 2.40 bits per heavy atom. The third-order valence-corrected chi connectivity index (χ3v) is 7.10. The van der Waals surface area contributed by atoms with Crippen molar-refractivity contribution >= 4 is 62.9 Å². The SMILES string of the molecule is Cc1cc(C)cc(N2C(=O)C(Cl)=C(Nc3ccc(C(=O)Nc4nc(-c5cccc(N([O-])O)c5)cs4)cc3)C2=O)c1. The zero-order valence-corrected chi connectivity index (χ0v) is 22.7. The van der Waals surface area contributed by atoms with Gasteiger partial charge in [-0.1, -0.05) is 29.8 Å². The highest BCUT2D eigenvalue weighted by molar-refractivity contribution is 7.14. The van der Waals surface area contributed by atoms with Gasteiger partial charge in [0.2, 0.25) is 0 Å². The van der Waals surface area contributed by atoms with Crippen molar-refractivity contribution in [2.45, 2.75) is 13.8 Å². The molecule has 12 heteroatoms. The largest absolute Gasteiger partial charge is 0.733 e. The van der Waals surface area contributed by atoms with E-state index >= 15 is 0 Å². The van der Waals surface area contributed by atoms with Gasteiger partial charge < -0.3 is 15.8 Å². The minimum absolute atomic E-state index is 0.0521. The van der Waals surface area contributed by atoms with Crippen LogP contribution >= 0.6 is 22.9 Å². The van der Waals surface area contributed by atoms with Gasteiger partial charge in [0.05, 0.1) is 17.1 Å². The third kappa shape index (κ3) is 5.44. The smallest absolute Gasteiger partial charge is 0.283 e. The highest BCUT2D eigenvalue weighted by atomic mass is 35.5. The lowest BCUT2D eigenvalue weighted by molar-refractivity contribution is -0.120. The Labute approximate surface area is 237 Å². The lowest BCUT2D eigenvalue weighted by atomic mass is 10.1. The molecule has 2 heterocycles. The normalized spacial score (nSPS) is 13.2. The summed E-state index contributed by atoms with van der Waals surface area (Å²) in [5.41, 5.74) is 4.17. The number of hydrogen-bond donors (Lipinski definition) is 3. The van der Waals surface area contributed by atoms with E-state index in [1.54, 1.807) is 53.9 Å². The first-order valence-corrected chi connectivity index (χ1v) is 13.1. The van der Waals surface area contributed by atoms with E-state index in [-0.39, 0.29) is 21.6 Å². The lowest BCUT2D eigenvalue weighted by Crippen LogP contribution is -2.32. The minimum atomic E-state index is -0.619. The van der Waals surface area contributed by atoms with Crippen LogP contribution in [0.1, 0.15) is 21.5 Å². The number of aromatic nitrogens is 1. The number of benzene rings is 3. The predicted molar refractivity (Wildman–Crippen MR) is 154 cm³/mol. The molecule has 0 spiro atoms. The van der Waals surface area contributed by atoms with Crippen LogP contribution in [0.5, 0.6) is 0 Å². The number of aryl methyl sites for hydroxylation is 2. The zero-order valence-electron chi connectivity index (χ0n) is 21.1. The van der Waals surface area contributed by atoms with Gasteiger partial charge in [-0.25, -0.2) is 9.88 Å². The summed E-state index contributed by atoms with van der Waals surface area (Å²) in [6.45, 7) is 3.75. The number of thiazole rings is 1. The molecule has 0 radical (unpaired) electrons. The molecule has 10 nitrogen and oxygen atoms in total. The van der Waals surface area contributed by atoms with Crippen molar-refractivity contribution < 1.29 is 19.6 Å². The van der Waals surface area contributed by atoms with Crippen LogP contribution in [0.15, 0.2) is 82.8 Å². The summed E-state index contributed by atoms with van der Waals surface area (Å²) in [5, 5.41) is 27.5. The molecule has 1 aromatic heterocycles. The molecule has 0 saturated heterocycles. The number of carbonyl (C=O) groups excluding carboxylic acids is 3. The van der Waals surface area contributed by atoms with E-state index in [0.29, 0.717) is 33.3 Å². The summed E-state index contributed by atoms with van der Waals surface area (Å²) >= 11 is 7.45. The van der Waals surface area contributed by atoms with Crippen LogP contribution in [0, 0.1) is 19.1 Å². The number of anilines is 4. The molecule has 3 N–H and O–H groups in total. The number of carbonyl (C=O) groups is 3. The average Bonchev–Trinajstić information content (AvgIpc) is 3.47. The molecule has 3 amide bonds. The molecule has 1 aliphatic rings. The highest BCUT2D eigenvalue weighted by Gasteiger charge is 2.39. The van der Waals surface area contributed by atoms with E-state index in [0.717, 1.165) is 16.0 Å². The number of nitrogens with one attached hydrogen (secondary N) is 2. The van der Waals surface area contributed by atoms with E-state index < -0.39 is 17.7 Å². The van der Waals surface area contributed by atoms with Crippen molar-refractivity contribution in [2.75, 3.05) is 20.8 Å². The van der Waals surface area contributed by atoms with E-state index in [1.165, 1.54) is 23.5 Å². The second-order valence-electron chi connectivity index (χ2n) is 9.00. The first kappa shape index (κ1) is 27.0. The summed E-state index contributed by atoms with van der Waals surface area (Å²) in [4.78, 5) is 44.1. The Hall–Kier alpha value is -4.55. The van der Waals surface area contributed by atoms with Gasteiger partial charge >= 0.3 is 0 Å². The standard InChI is InChI=1S/C28H21ClN5O5S/c1-15-10-16(2)12-21(11-15)33-26(36)23(29)24(27(33)37)30-19-8-6-17(7-9-19)25(35)32-28-31-22(14-40-28)18-4-3-5-20(13-18)34(38)39/h3-14,30,38H,1-2H3,(H,31,32,35)/q-1. The fourth-order valence-electron chi connectivity index (χ4n) is 4.19. The molecule has 1 aliphatic heterocycles. The van der Waals surface area contributed by atoms with Crippen LogP contribution in [0.25, 0.3) is 11.3 Å². The van der Waals surface area contributed by atoms with E-state index in [9.17, 15) is 19.6 Å². The maximum Gasteiger partial charge on any atom is 0.283 e. The van der Waals surface area contributed by atoms with Gasteiger partial charge in [-0.3, -0.25) is 24.9 Å². The van der Waals surface area contributed by atoms with Gasteiger partial charge in [-0.05, 0) is 73.5 Å². The topological polar surface area (TPSA) is 138 Å². The Morgan fingerprint density at radius 1 is 1.02 bits per heavy atom. The zero-order chi connectivity index (χ0) is 28.6. The number of halogens is 1. The molecular formula is C28H21ClN5O5S-. The van der Waals surface area contributed by atoms with Gasteiger partial charge in [0.15, 0.2) is 5.13 Å². The molecule has 5 rings (SSSR count). The monoisotopic (exact) mass is 574 g/mol. The number of hydrogen-bond acceptors (Lipinski definition) is 9. The molecule has 0 atom stereocenters. The first-order valence-electron chi connectivity index (χ1n) is 11.9. The Morgan fingerprint density at radius 2 is 1.73 bits per heavy atom. The quantitative estimate of drug-likeness (QED) is 0.186. The van der Waals surface area contributed by atoms with Crippen molar-refractivity contribution in [1.29, 1.82) is 0 Å². The van der Waals surface area contributed by atoms with Crippen LogP contribution in [0.4, 0.5) is 22.2 Å². The molecule has 0 unspecified atom stereocenters. The van der Waals surface area contributed by atoms with Gasteiger partial charge in [-0.15, -0.1) is 11.3 Å². The fourth-order valence-corrected chi connectivity index (χ4v) is 5.12. The summed E-state index contributed by atoms with van der Waals surface area (Å²) in [5.74, 6) is -1.60. The van der Waals surface area contributed by atoms with Crippen molar-refractivity contribution in [2.24, 2.45) is 0 Å². The Balaban J connectivity index is 1.26. The van der Waals surface area contributed by atoms with Crippen molar-refractivity contribution in [3.63, 3.8) is 0 Å². The van der Waals surface area contributed by atoms with Gasteiger partial charge in [0.1, 0.15) is 10.7 Å². The number of rotatable bonds is 7. The van der Waals surface area contributed by atoms with Crippen molar-refractivity contribution in [3.8, 4) is 11.3 Å². The third-order valence-electron chi connectivity index (χ3n) is 6.00. The summed E-state index contributed by atoms with van der Waals surface area (Å²) in [6, 6.07) is 18.0.